The van der Waals surface area contributed by atoms with Gasteiger partial charge in [0, 0.05) is 29.9 Å². The highest BCUT2D eigenvalue weighted by Crippen LogP contribution is 2.28. The molecule has 1 aromatic heterocycles. The number of aliphatic hydroxyl groups is 1. The molecule has 1 N–H and O–H groups in total. The summed E-state index contributed by atoms with van der Waals surface area (Å²) >= 11 is 0. The third-order valence-corrected chi connectivity index (χ3v) is 5.46. The maximum atomic E-state index is 9.68. The number of aryl methyl sites for hydroxylation is 2. The van der Waals surface area contributed by atoms with Gasteiger partial charge in [0.15, 0.2) is 0 Å². The summed E-state index contributed by atoms with van der Waals surface area (Å²) in [6.45, 7) is 6.29. The van der Waals surface area contributed by atoms with Gasteiger partial charge >= 0.3 is 0 Å². The first-order valence-corrected chi connectivity index (χ1v) is 9.71. The first-order chi connectivity index (χ1) is 13.1. The van der Waals surface area contributed by atoms with Gasteiger partial charge in [0.2, 0.25) is 0 Å². The highest BCUT2D eigenvalue weighted by Gasteiger charge is 2.25. The average Bonchev–Trinajstić information content (AvgIpc) is 3.29. The minimum Gasteiger partial charge on any atom is -0.395 e. The van der Waals surface area contributed by atoms with Crippen molar-refractivity contribution in [1.82, 2.24) is 14.7 Å². The molecule has 2 heterocycles. The standard InChI is InChI=1S/C23H27N3O/c1-17-8-10-21(11-9-17)26-15-20(14-25-12-4-7-22(25)16-27)23(24-26)19-6-3-5-18(2)13-19/h3,5-6,8-11,13,15,22,27H,4,7,12,14,16H2,1-2H3/t22-/m0/s1. The molecule has 140 valence electrons. The highest BCUT2D eigenvalue weighted by molar-refractivity contribution is 5.64. The smallest absolute Gasteiger partial charge is 0.0972 e. The Balaban J connectivity index is 1.74. The van der Waals surface area contributed by atoms with Gasteiger partial charge in [0.25, 0.3) is 0 Å². The van der Waals surface area contributed by atoms with Crippen molar-refractivity contribution in [3.05, 3.63) is 71.4 Å². The van der Waals surface area contributed by atoms with Gasteiger partial charge in [-0.2, -0.15) is 5.10 Å². The fraction of sp³-hybridized carbons (Fsp3) is 0.348. The van der Waals surface area contributed by atoms with E-state index < -0.39 is 0 Å². The van der Waals surface area contributed by atoms with Crippen LogP contribution in [0.3, 0.4) is 0 Å². The van der Waals surface area contributed by atoms with E-state index in [1.165, 1.54) is 16.7 Å². The molecular formula is C23H27N3O. The Kier molecular flexibility index (Phi) is 5.10. The van der Waals surface area contributed by atoms with Crippen LogP contribution in [0.25, 0.3) is 16.9 Å². The van der Waals surface area contributed by atoms with Crippen molar-refractivity contribution in [3.63, 3.8) is 0 Å². The van der Waals surface area contributed by atoms with Gasteiger partial charge in [0.1, 0.15) is 0 Å². The second-order valence-corrected chi connectivity index (χ2v) is 7.60. The zero-order valence-electron chi connectivity index (χ0n) is 16.1. The Morgan fingerprint density at radius 3 is 2.63 bits per heavy atom. The van der Waals surface area contributed by atoms with Crippen LogP contribution in [0.2, 0.25) is 0 Å². The maximum Gasteiger partial charge on any atom is 0.0972 e. The van der Waals surface area contributed by atoms with Crippen molar-refractivity contribution in [3.8, 4) is 16.9 Å². The van der Waals surface area contributed by atoms with E-state index in [9.17, 15) is 5.11 Å². The summed E-state index contributed by atoms with van der Waals surface area (Å²) in [6, 6.07) is 17.2. The van der Waals surface area contributed by atoms with E-state index in [-0.39, 0.29) is 12.6 Å². The molecule has 4 nitrogen and oxygen atoms in total. The summed E-state index contributed by atoms with van der Waals surface area (Å²) in [5.74, 6) is 0. The fourth-order valence-corrected chi connectivity index (χ4v) is 3.92. The van der Waals surface area contributed by atoms with Gasteiger partial charge in [0.05, 0.1) is 18.0 Å². The van der Waals surface area contributed by atoms with Crippen molar-refractivity contribution in [2.45, 2.75) is 39.3 Å². The Hall–Kier alpha value is -2.43. The predicted molar refractivity (Wildman–Crippen MR) is 109 cm³/mol. The molecule has 1 atom stereocenters. The summed E-state index contributed by atoms with van der Waals surface area (Å²) in [7, 11) is 0. The van der Waals surface area contributed by atoms with Gasteiger partial charge in [-0.1, -0.05) is 41.5 Å². The van der Waals surface area contributed by atoms with Crippen molar-refractivity contribution < 1.29 is 5.11 Å². The van der Waals surface area contributed by atoms with E-state index in [0.29, 0.717) is 0 Å². The van der Waals surface area contributed by atoms with Crippen LogP contribution < -0.4 is 0 Å². The van der Waals surface area contributed by atoms with Crippen molar-refractivity contribution in [1.29, 1.82) is 0 Å². The molecule has 4 rings (SSSR count). The van der Waals surface area contributed by atoms with Gasteiger partial charge in [-0.05, 0) is 51.4 Å². The topological polar surface area (TPSA) is 41.3 Å². The molecule has 1 aliphatic heterocycles. The van der Waals surface area contributed by atoms with E-state index in [4.69, 9.17) is 5.10 Å². The van der Waals surface area contributed by atoms with Crippen LogP contribution in [0.1, 0.15) is 29.5 Å². The molecule has 0 saturated carbocycles. The maximum absolute atomic E-state index is 9.68. The zero-order valence-corrected chi connectivity index (χ0v) is 16.1. The normalized spacial score (nSPS) is 17.5. The number of hydrogen-bond donors (Lipinski definition) is 1. The second-order valence-electron chi connectivity index (χ2n) is 7.60. The molecule has 0 bridgehead atoms. The van der Waals surface area contributed by atoms with Gasteiger partial charge in [-0.25, -0.2) is 4.68 Å². The Bertz CT molecular complexity index is 914. The molecule has 0 amide bonds. The summed E-state index contributed by atoms with van der Waals surface area (Å²) in [5, 5.41) is 14.6. The molecule has 0 aliphatic carbocycles. The number of likely N-dealkylation sites (tertiary alicyclic amines) is 1. The van der Waals surface area contributed by atoms with Crippen LogP contribution in [0.15, 0.2) is 54.7 Å². The van der Waals surface area contributed by atoms with Gasteiger partial charge in [-0.3, -0.25) is 4.90 Å². The third-order valence-electron chi connectivity index (χ3n) is 5.46. The average molecular weight is 361 g/mol. The summed E-state index contributed by atoms with van der Waals surface area (Å²) < 4.78 is 1.98. The Morgan fingerprint density at radius 2 is 1.89 bits per heavy atom. The number of benzene rings is 2. The lowest BCUT2D eigenvalue weighted by Gasteiger charge is -2.22. The molecule has 0 radical (unpaired) electrons. The summed E-state index contributed by atoms with van der Waals surface area (Å²) in [5.41, 5.74) is 6.94. The molecule has 3 aromatic rings. The Morgan fingerprint density at radius 1 is 1.07 bits per heavy atom. The molecule has 0 spiro atoms. The zero-order chi connectivity index (χ0) is 18.8. The van der Waals surface area contributed by atoms with Gasteiger partial charge in [-0.15, -0.1) is 0 Å². The number of rotatable bonds is 5. The molecule has 1 saturated heterocycles. The van der Waals surface area contributed by atoms with E-state index in [0.717, 1.165) is 42.9 Å². The lowest BCUT2D eigenvalue weighted by Crippen LogP contribution is -2.31. The predicted octanol–water partition coefficient (Wildman–Crippen LogP) is 4.11. The quantitative estimate of drug-likeness (QED) is 0.743. The molecule has 27 heavy (non-hydrogen) atoms. The van der Waals surface area contributed by atoms with Crippen LogP contribution in [0, 0.1) is 13.8 Å². The number of hydrogen-bond acceptors (Lipinski definition) is 3. The van der Waals surface area contributed by atoms with E-state index in [1.54, 1.807) is 0 Å². The van der Waals surface area contributed by atoms with Crippen LogP contribution in [-0.4, -0.2) is 39.0 Å². The molecule has 1 fully saturated rings. The van der Waals surface area contributed by atoms with Crippen molar-refractivity contribution >= 4 is 0 Å². The molecular weight excluding hydrogens is 334 g/mol. The minimum atomic E-state index is 0.228. The minimum absolute atomic E-state index is 0.228. The molecule has 1 aliphatic rings. The van der Waals surface area contributed by atoms with Crippen molar-refractivity contribution in [2.75, 3.05) is 13.2 Å². The SMILES string of the molecule is Cc1ccc(-n2cc(CN3CCC[C@H]3CO)c(-c3cccc(C)c3)n2)cc1. The third kappa shape index (κ3) is 3.82. The summed E-state index contributed by atoms with van der Waals surface area (Å²) in [6.07, 6.45) is 4.37. The monoisotopic (exact) mass is 361 g/mol. The lowest BCUT2D eigenvalue weighted by molar-refractivity contribution is 0.154. The second kappa shape index (κ2) is 7.67. The van der Waals surface area contributed by atoms with Crippen LogP contribution in [-0.2, 0) is 6.54 Å². The van der Waals surface area contributed by atoms with E-state index >= 15 is 0 Å². The van der Waals surface area contributed by atoms with Crippen LogP contribution >= 0.6 is 0 Å². The largest absolute Gasteiger partial charge is 0.395 e. The molecule has 4 heteroatoms. The van der Waals surface area contributed by atoms with E-state index in [1.807, 2.05) is 4.68 Å². The lowest BCUT2D eigenvalue weighted by atomic mass is 10.1. The highest BCUT2D eigenvalue weighted by atomic mass is 16.3. The first-order valence-electron chi connectivity index (χ1n) is 9.71. The first kappa shape index (κ1) is 18.0. The van der Waals surface area contributed by atoms with Gasteiger partial charge < -0.3 is 5.11 Å². The summed E-state index contributed by atoms with van der Waals surface area (Å²) in [4.78, 5) is 2.38. The van der Waals surface area contributed by atoms with E-state index in [2.05, 4.69) is 73.5 Å². The fourth-order valence-electron chi connectivity index (χ4n) is 3.92. The van der Waals surface area contributed by atoms with Crippen LogP contribution in [0.4, 0.5) is 0 Å². The molecule has 2 aromatic carbocycles. The number of nitrogens with zero attached hydrogens (tertiary/aromatic N) is 3. The van der Waals surface area contributed by atoms with Crippen LogP contribution in [0.5, 0.6) is 0 Å². The number of aromatic nitrogens is 2. The Labute approximate surface area is 161 Å². The van der Waals surface area contributed by atoms with Crippen molar-refractivity contribution in [2.24, 2.45) is 0 Å². The molecule has 0 unspecified atom stereocenters. The number of aliphatic hydroxyl groups excluding tert-OH is 1.